The number of nitrogens with one attached hydrogen (secondary N) is 1. The molecule has 0 bridgehead atoms. The minimum absolute atomic E-state index is 0.0147. The van der Waals surface area contributed by atoms with Crippen molar-refractivity contribution < 1.29 is 17.6 Å². The quantitative estimate of drug-likeness (QED) is 0.334. The maximum absolute atomic E-state index is 13.6. The number of pyridine rings is 1. The van der Waals surface area contributed by atoms with Crippen molar-refractivity contribution in [3.05, 3.63) is 81.2 Å². The van der Waals surface area contributed by atoms with E-state index in [4.69, 9.17) is 23.2 Å². The van der Waals surface area contributed by atoms with Crippen LogP contribution in [0, 0.1) is 5.82 Å². The van der Waals surface area contributed by atoms with Crippen LogP contribution >= 0.6 is 23.2 Å². The van der Waals surface area contributed by atoms with Crippen LogP contribution in [0.4, 0.5) is 15.9 Å². The SMILES string of the molecule is CN(C)/C=N/S(=O)(=O)c1cc(NC(=O)Cc2ccccc2Cl)cc2c1CCN(c1cc(Cl)c(F)cn1)C2. The number of halogens is 3. The fraction of sp³-hybridized carbons (Fsp3) is 0.240. The summed E-state index contributed by atoms with van der Waals surface area (Å²) in [6.45, 7) is 0.707. The Morgan fingerprint density at radius 3 is 2.68 bits per heavy atom. The highest BCUT2D eigenvalue weighted by molar-refractivity contribution is 7.90. The summed E-state index contributed by atoms with van der Waals surface area (Å²) in [7, 11) is -0.734. The van der Waals surface area contributed by atoms with Gasteiger partial charge in [0, 0.05) is 44.0 Å². The summed E-state index contributed by atoms with van der Waals surface area (Å²) < 4.78 is 43.8. The Bertz CT molecular complexity index is 1480. The van der Waals surface area contributed by atoms with Gasteiger partial charge >= 0.3 is 0 Å². The average molecular weight is 564 g/mol. The van der Waals surface area contributed by atoms with Gasteiger partial charge in [0.25, 0.3) is 10.0 Å². The summed E-state index contributed by atoms with van der Waals surface area (Å²) in [5.41, 5.74) is 2.22. The number of amides is 1. The van der Waals surface area contributed by atoms with Gasteiger partial charge in [-0.3, -0.25) is 4.79 Å². The van der Waals surface area contributed by atoms with Crippen molar-refractivity contribution in [2.24, 2.45) is 4.40 Å². The van der Waals surface area contributed by atoms with E-state index < -0.39 is 15.8 Å². The van der Waals surface area contributed by atoms with E-state index in [9.17, 15) is 17.6 Å². The van der Waals surface area contributed by atoms with Gasteiger partial charge in [-0.1, -0.05) is 41.4 Å². The number of anilines is 2. The molecule has 2 aromatic carbocycles. The highest BCUT2D eigenvalue weighted by Crippen LogP contribution is 2.33. The van der Waals surface area contributed by atoms with Gasteiger partial charge in [-0.2, -0.15) is 8.42 Å². The van der Waals surface area contributed by atoms with Crippen LogP contribution in [0.25, 0.3) is 0 Å². The Labute approximate surface area is 224 Å². The fourth-order valence-corrected chi connectivity index (χ4v) is 5.56. The molecule has 0 radical (unpaired) electrons. The number of sulfonamides is 1. The molecular formula is C25H24Cl2FN5O3S. The Balaban J connectivity index is 1.70. The van der Waals surface area contributed by atoms with Gasteiger partial charge < -0.3 is 15.1 Å². The van der Waals surface area contributed by atoms with Gasteiger partial charge in [0.05, 0.1) is 22.5 Å². The highest BCUT2D eigenvalue weighted by atomic mass is 35.5. The van der Waals surface area contributed by atoms with E-state index >= 15 is 0 Å². The number of rotatable bonds is 7. The van der Waals surface area contributed by atoms with Crippen molar-refractivity contribution in [3.8, 4) is 0 Å². The first-order chi connectivity index (χ1) is 17.5. The highest BCUT2D eigenvalue weighted by Gasteiger charge is 2.27. The first kappa shape index (κ1) is 26.8. The van der Waals surface area contributed by atoms with Crippen LogP contribution in [0.3, 0.4) is 0 Å². The molecule has 8 nitrogen and oxygen atoms in total. The van der Waals surface area contributed by atoms with Crippen molar-refractivity contribution >= 4 is 57.0 Å². The Morgan fingerprint density at radius 1 is 1.22 bits per heavy atom. The first-order valence-electron chi connectivity index (χ1n) is 11.3. The maximum Gasteiger partial charge on any atom is 0.284 e. The van der Waals surface area contributed by atoms with Gasteiger partial charge in [0.15, 0.2) is 5.82 Å². The summed E-state index contributed by atoms with van der Waals surface area (Å²) in [5.74, 6) is -0.522. The molecule has 1 N–H and O–H groups in total. The van der Waals surface area contributed by atoms with Gasteiger partial charge in [0.2, 0.25) is 5.91 Å². The standard InChI is InChI=1S/C25H24Cl2FN5O3S/c1-32(2)15-30-37(35,36)23-11-18(31-25(34)10-16-5-3-4-6-20(16)26)9-17-14-33(8-7-19(17)23)24-12-21(27)22(28)13-29-24/h3-6,9,11-13,15H,7-8,10,14H2,1-2H3,(H,31,34)/b30-15+. The molecule has 2 heterocycles. The van der Waals surface area contributed by atoms with Gasteiger partial charge in [-0.25, -0.2) is 9.37 Å². The molecule has 1 aliphatic rings. The Hall–Kier alpha value is -3.21. The smallest absolute Gasteiger partial charge is 0.284 e. The minimum Gasteiger partial charge on any atom is -0.368 e. The van der Waals surface area contributed by atoms with Crippen molar-refractivity contribution in [2.75, 3.05) is 30.9 Å². The number of aromatic nitrogens is 1. The molecule has 194 valence electrons. The number of hydrogen-bond donors (Lipinski definition) is 1. The van der Waals surface area contributed by atoms with Crippen molar-refractivity contribution in [3.63, 3.8) is 0 Å². The molecule has 12 heteroatoms. The van der Waals surface area contributed by atoms with Crippen LogP contribution in [-0.2, 0) is 34.2 Å². The Morgan fingerprint density at radius 2 is 1.97 bits per heavy atom. The number of nitrogens with zero attached hydrogens (tertiary/aromatic N) is 4. The normalized spacial score (nSPS) is 13.5. The molecule has 0 atom stereocenters. The molecular weight excluding hydrogens is 540 g/mol. The van der Waals surface area contributed by atoms with E-state index in [-0.39, 0.29) is 28.8 Å². The van der Waals surface area contributed by atoms with Crippen LogP contribution < -0.4 is 10.2 Å². The lowest BCUT2D eigenvalue weighted by Crippen LogP contribution is -2.32. The number of fused-ring (bicyclic) bond motifs is 1. The first-order valence-corrected chi connectivity index (χ1v) is 13.4. The minimum atomic E-state index is -4.06. The molecule has 0 saturated heterocycles. The van der Waals surface area contributed by atoms with Gasteiger partial charge in [0.1, 0.15) is 12.2 Å². The van der Waals surface area contributed by atoms with E-state index in [0.29, 0.717) is 46.2 Å². The number of carbonyl (C=O) groups is 1. The molecule has 3 aromatic rings. The van der Waals surface area contributed by atoms with Crippen molar-refractivity contribution in [1.29, 1.82) is 0 Å². The lowest BCUT2D eigenvalue weighted by molar-refractivity contribution is -0.115. The predicted molar refractivity (Wildman–Crippen MR) is 144 cm³/mol. The third kappa shape index (κ3) is 6.38. The second-order valence-corrected chi connectivity index (χ2v) is 11.1. The third-order valence-corrected chi connectivity index (χ3v) is 7.65. The molecule has 0 spiro atoms. The number of hydrogen-bond acceptors (Lipinski definition) is 5. The van der Waals surface area contributed by atoms with Crippen LogP contribution in [0.15, 0.2) is 58.0 Å². The summed E-state index contributed by atoms with van der Waals surface area (Å²) >= 11 is 12.1. The number of benzene rings is 2. The topological polar surface area (TPSA) is 95.0 Å². The van der Waals surface area contributed by atoms with Crippen molar-refractivity contribution in [1.82, 2.24) is 9.88 Å². The zero-order valence-corrected chi connectivity index (χ0v) is 22.4. The summed E-state index contributed by atoms with van der Waals surface area (Å²) in [5, 5.41) is 3.19. The van der Waals surface area contributed by atoms with E-state index in [1.54, 1.807) is 44.4 Å². The molecule has 0 fully saturated rings. The van der Waals surface area contributed by atoms with Crippen LogP contribution in [0.5, 0.6) is 0 Å². The van der Waals surface area contributed by atoms with Crippen LogP contribution in [0.2, 0.25) is 10.0 Å². The molecule has 1 amide bonds. The largest absolute Gasteiger partial charge is 0.368 e. The zero-order chi connectivity index (χ0) is 26.7. The third-order valence-electron chi connectivity index (χ3n) is 5.70. The van der Waals surface area contributed by atoms with E-state index in [2.05, 4.69) is 14.7 Å². The van der Waals surface area contributed by atoms with Crippen molar-refractivity contribution in [2.45, 2.75) is 24.3 Å². The molecule has 1 aromatic heterocycles. The van der Waals surface area contributed by atoms with E-state index in [1.807, 2.05) is 4.90 Å². The lowest BCUT2D eigenvalue weighted by atomic mass is 9.98. The second kappa shape index (κ2) is 11.0. The van der Waals surface area contributed by atoms with E-state index in [1.165, 1.54) is 23.4 Å². The fourth-order valence-electron chi connectivity index (χ4n) is 3.97. The molecule has 1 aliphatic heterocycles. The molecule has 0 unspecified atom stereocenters. The summed E-state index contributed by atoms with van der Waals surface area (Å²) in [6, 6.07) is 11.6. The van der Waals surface area contributed by atoms with Crippen LogP contribution in [-0.4, -0.2) is 51.2 Å². The summed E-state index contributed by atoms with van der Waals surface area (Å²) in [4.78, 5) is 20.3. The average Bonchev–Trinajstić information content (AvgIpc) is 2.85. The Kier molecular flexibility index (Phi) is 8.01. The number of carbonyl (C=O) groups excluding carboxylic acids is 1. The van der Waals surface area contributed by atoms with Crippen LogP contribution in [0.1, 0.15) is 16.7 Å². The monoisotopic (exact) mass is 563 g/mol. The molecule has 37 heavy (non-hydrogen) atoms. The van der Waals surface area contributed by atoms with Gasteiger partial charge in [-0.15, -0.1) is 4.40 Å². The second-order valence-electron chi connectivity index (χ2n) is 8.72. The molecule has 0 aliphatic carbocycles. The maximum atomic E-state index is 13.6. The van der Waals surface area contributed by atoms with E-state index in [0.717, 1.165) is 6.20 Å². The predicted octanol–water partition coefficient (Wildman–Crippen LogP) is 4.55. The lowest BCUT2D eigenvalue weighted by Gasteiger charge is -2.31. The molecule has 0 saturated carbocycles. The van der Waals surface area contributed by atoms with Gasteiger partial charge in [-0.05, 0) is 41.3 Å². The summed E-state index contributed by atoms with van der Waals surface area (Å²) in [6.07, 6.45) is 2.64. The zero-order valence-electron chi connectivity index (χ0n) is 20.1. The molecule has 4 rings (SSSR count).